The third-order valence-corrected chi connectivity index (χ3v) is 0. The molecule has 30 valence electrons. The largest absolute Gasteiger partial charge is 0 e. The van der Waals surface area contributed by atoms with Gasteiger partial charge in [-0.05, 0) is 0 Å². The van der Waals surface area contributed by atoms with Crippen molar-refractivity contribution in [2.24, 2.45) is 5.34 Å². The molecule has 0 aliphatic carbocycles. The van der Waals surface area contributed by atoms with E-state index in [1.165, 1.54) is 5.34 Å². The fourth-order valence-corrected chi connectivity index (χ4v) is 0. The average molecular weight is 282 g/mol. The zero-order chi connectivity index (χ0) is 2.71. The maximum absolute atomic E-state index is 8.11. The average Bonchev–Trinajstić information content (AvgIpc) is 0.918. The molecule has 0 aromatic carbocycles. The van der Waals surface area contributed by atoms with Crippen molar-refractivity contribution in [3.05, 3.63) is 4.91 Å². The zero-order valence-electron chi connectivity index (χ0n) is 1.62. The second-order valence-corrected chi connectivity index (χ2v) is 0.0816. The van der Waals surface area contributed by atoms with Crippen LogP contribution in [0.15, 0.2) is 5.34 Å². The fraction of sp³-hybridized carbons (Fsp3) is 0. The van der Waals surface area contributed by atoms with Crippen molar-refractivity contribution in [2.45, 2.75) is 0 Å². The Morgan fingerprint density at radius 2 is 1.60 bits per heavy atom. The van der Waals surface area contributed by atoms with Crippen LogP contribution in [-0.2, 0) is 21.1 Å². The van der Waals surface area contributed by atoms with Gasteiger partial charge in [-0.15, -0.1) is 4.91 Å². The summed E-state index contributed by atoms with van der Waals surface area (Å²) in [5, 5.41) is 7.89. The Hall–Kier alpha value is 1.72. The van der Waals surface area contributed by atoms with E-state index in [-0.39, 0.29) is 72.4 Å². The molecule has 0 saturated carbocycles. The molecule has 0 aliphatic rings. The molecule has 0 aliphatic heterocycles. The topological polar surface area (TPSA) is 49.7 Å². The van der Waals surface area contributed by atoms with Crippen molar-refractivity contribution in [3.63, 3.8) is 0 Å². The summed E-state index contributed by atoms with van der Waals surface area (Å²) in [4.78, 5) is 8.11. The predicted octanol–water partition coefficient (Wildman–Crippen LogP) is -0.509. The van der Waals surface area contributed by atoms with E-state index in [9.17, 15) is 0 Å². The van der Waals surface area contributed by atoms with Crippen molar-refractivity contribution in [2.75, 3.05) is 0 Å². The second-order valence-electron chi connectivity index (χ2n) is 0.0816. The van der Waals surface area contributed by atoms with E-state index >= 15 is 0 Å². The minimum Gasteiger partial charge on any atom is 0 e. The van der Waals surface area contributed by atoms with Gasteiger partial charge in [0.15, 0.2) is 5.34 Å². The minimum absolute atomic E-state index is 0. The number of nitrogens with zero attached hydrogens (tertiary/aromatic N) is 1. The van der Waals surface area contributed by atoms with Crippen LogP contribution >= 0.6 is 0 Å². The summed E-state index contributed by atoms with van der Waals surface area (Å²) in [6.07, 6.45) is 0. The summed E-state index contributed by atoms with van der Waals surface area (Å²) in [7, 11) is 0. The second kappa shape index (κ2) is 17.2. The van der Waals surface area contributed by atoms with Gasteiger partial charge in [-0.1, -0.05) is 0 Å². The Morgan fingerprint density at radius 1 is 1.60 bits per heavy atom. The Labute approximate surface area is 86.1 Å². The van der Waals surface area contributed by atoms with Gasteiger partial charge in [-0.25, -0.2) is 0 Å². The molecular formula is H2KNO2Pt. The first kappa shape index (κ1) is 15.9. The molecule has 0 bridgehead atoms. The van der Waals surface area contributed by atoms with E-state index in [2.05, 4.69) is 0 Å². The fourth-order valence-electron chi connectivity index (χ4n) is 0. The summed E-state index contributed by atoms with van der Waals surface area (Å²) >= 11 is 0. The van der Waals surface area contributed by atoms with Crippen molar-refractivity contribution in [1.82, 2.24) is 0 Å². The minimum atomic E-state index is 0. The molecule has 0 unspecified atom stereocenters. The van der Waals surface area contributed by atoms with Gasteiger partial charge in [0.25, 0.3) is 0 Å². The summed E-state index contributed by atoms with van der Waals surface area (Å²) < 4.78 is 0. The van der Waals surface area contributed by atoms with Crippen molar-refractivity contribution in [3.8, 4) is 0 Å². The number of hydrogen-bond acceptors (Lipinski definition) is 2. The van der Waals surface area contributed by atoms with E-state index in [0.29, 0.717) is 0 Å². The molecule has 0 radical (unpaired) electrons. The van der Waals surface area contributed by atoms with Gasteiger partial charge < -0.3 is 5.21 Å². The molecule has 1 N–H and O–H groups in total. The van der Waals surface area contributed by atoms with Crippen LogP contribution in [0.1, 0.15) is 0 Å². The maximum atomic E-state index is 8.11. The number of hydrogen-bond donors (Lipinski definition) is 1. The Balaban J connectivity index is -0.0000000200. The van der Waals surface area contributed by atoms with Crippen LogP contribution in [-0.4, -0.2) is 56.6 Å². The standard InChI is InChI=1S/K.HNO2.Pt.H/c;2-1-3;;/h;(H,2,3);;. The van der Waals surface area contributed by atoms with Gasteiger partial charge in [0.1, 0.15) is 0 Å². The quantitative estimate of drug-likeness (QED) is 0.370. The Morgan fingerprint density at radius 3 is 1.60 bits per heavy atom. The molecule has 0 atom stereocenters. The summed E-state index contributed by atoms with van der Waals surface area (Å²) in [6, 6.07) is 0. The van der Waals surface area contributed by atoms with Crippen molar-refractivity contribution >= 4 is 51.4 Å². The third kappa shape index (κ3) is 26.7. The molecule has 0 aromatic rings. The maximum Gasteiger partial charge on any atom is 0 e. The van der Waals surface area contributed by atoms with Crippen molar-refractivity contribution < 1.29 is 26.3 Å². The van der Waals surface area contributed by atoms with Gasteiger partial charge in [0.2, 0.25) is 0 Å². The molecule has 0 fully saturated rings. The van der Waals surface area contributed by atoms with Gasteiger partial charge in [0, 0.05) is 21.1 Å². The number of rotatable bonds is 0. The smallest absolute Gasteiger partial charge is 0 e. The van der Waals surface area contributed by atoms with Gasteiger partial charge in [-0.2, -0.15) is 0 Å². The molecule has 0 aromatic heterocycles. The van der Waals surface area contributed by atoms with Crippen LogP contribution in [0.3, 0.4) is 0 Å². The molecular weight excluding hydrogens is 280 g/mol. The van der Waals surface area contributed by atoms with E-state index in [0.717, 1.165) is 0 Å². The first-order chi connectivity index (χ1) is 1.41. The van der Waals surface area contributed by atoms with Crippen LogP contribution in [0.4, 0.5) is 0 Å². The Bertz CT molecular complexity index is 17.1. The zero-order valence-corrected chi connectivity index (χ0v) is 3.89. The van der Waals surface area contributed by atoms with Gasteiger partial charge >= 0.3 is 51.4 Å². The van der Waals surface area contributed by atoms with Crippen LogP contribution in [0.2, 0.25) is 0 Å². The van der Waals surface area contributed by atoms with E-state index in [4.69, 9.17) is 10.1 Å². The predicted molar refractivity (Wildman–Crippen MR) is 14.7 cm³/mol. The molecule has 0 amide bonds. The molecule has 0 rings (SSSR count). The molecule has 3 nitrogen and oxygen atoms in total. The van der Waals surface area contributed by atoms with Crippen molar-refractivity contribution in [1.29, 1.82) is 0 Å². The summed E-state index contributed by atoms with van der Waals surface area (Å²) in [6.45, 7) is 0. The van der Waals surface area contributed by atoms with Crippen LogP contribution in [0, 0.1) is 4.91 Å². The molecule has 5 heavy (non-hydrogen) atoms. The van der Waals surface area contributed by atoms with Crippen LogP contribution < -0.4 is 0 Å². The molecule has 0 spiro atoms. The third-order valence-electron chi connectivity index (χ3n) is 0. The van der Waals surface area contributed by atoms with Gasteiger partial charge in [0.05, 0.1) is 0 Å². The Kier molecular flexibility index (Phi) is 54.7. The monoisotopic (exact) mass is 282 g/mol. The molecule has 0 saturated heterocycles. The summed E-state index contributed by atoms with van der Waals surface area (Å²) in [5.74, 6) is 0. The van der Waals surface area contributed by atoms with Gasteiger partial charge in [-0.3, -0.25) is 0 Å². The van der Waals surface area contributed by atoms with E-state index in [1.54, 1.807) is 0 Å². The first-order valence-corrected chi connectivity index (χ1v) is 0.383. The normalized spacial score (nSPS) is 2.40. The van der Waals surface area contributed by atoms with E-state index in [1.807, 2.05) is 0 Å². The SMILES string of the molecule is O=NO.[KH].[Pt]. The first-order valence-electron chi connectivity index (χ1n) is 0.383. The molecule has 0 heterocycles. The summed E-state index contributed by atoms with van der Waals surface area (Å²) in [5.41, 5.74) is 0. The van der Waals surface area contributed by atoms with Crippen LogP contribution in [0.25, 0.3) is 0 Å². The molecule has 5 heteroatoms. The van der Waals surface area contributed by atoms with Crippen LogP contribution in [0.5, 0.6) is 0 Å². The van der Waals surface area contributed by atoms with E-state index < -0.39 is 0 Å².